The number of ether oxygens (including phenoxy) is 1. The van der Waals surface area contributed by atoms with E-state index in [1.807, 2.05) is 25.1 Å². The minimum absolute atomic E-state index is 0.159. The first-order valence-corrected chi connectivity index (χ1v) is 9.41. The molecular formula is C18H23NO3S. The molecule has 1 aromatic carbocycles. The van der Waals surface area contributed by atoms with Gasteiger partial charge >= 0.3 is 0 Å². The molecule has 0 amide bonds. The number of pyridine rings is 1. The van der Waals surface area contributed by atoms with Gasteiger partial charge in [0.2, 0.25) is 5.43 Å². The summed E-state index contributed by atoms with van der Waals surface area (Å²) >= 11 is 0. The fourth-order valence-electron chi connectivity index (χ4n) is 2.24. The molecule has 23 heavy (non-hydrogen) atoms. The Morgan fingerprint density at radius 3 is 2.70 bits per heavy atom. The maximum Gasteiger partial charge on any atom is 0.223 e. The summed E-state index contributed by atoms with van der Waals surface area (Å²) < 4.78 is 17.5. The number of hydrogen-bond acceptors (Lipinski definition) is 3. The molecule has 2 rings (SSSR count). The number of nitrogens with one attached hydrogen (secondary N) is 1. The second-order valence-corrected chi connectivity index (χ2v) is 6.99. The van der Waals surface area contributed by atoms with E-state index in [0.29, 0.717) is 29.6 Å². The largest absolute Gasteiger partial charge is 0.488 e. The number of hydrogen-bond donors (Lipinski definition) is 1. The van der Waals surface area contributed by atoms with Gasteiger partial charge in [0.05, 0.1) is 12.4 Å². The molecule has 1 heterocycles. The van der Waals surface area contributed by atoms with Crippen LogP contribution in [0.15, 0.2) is 47.4 Å². The van der Waals surface area contributed by atoms with E-state index in [-0.39, 0.29) is 5.43 Å². The van der Waals surface area contributed by atoms with Crippen molar-refractivity contribution in [1.82, 2.24) is 4.98 Å². The third-order valence-corrected chi connectivity index (χ3v) is 4.77. The molecule has 1 aromatic heterocycles. The zero-order valence-corrected chi connectivity index (χ0v) is 14.2. The number of rotatable bonds is 9. The van der Waals surface area contributed by atoms with Crippen LogP contribution in [0, 0.1) is 0 Å². The molecule has 1 atom stereocenters. The Morgan fingerprint density at radius 1 is 1.22 bits per heavy atom. The molecule has 1 unspecified atom stereocenters. The van der Waals surface area contributed by atoms with E-state index < -0.39 is 10.8 Å². The van der Waals surface area contributed by atoms with E-state index in [2.05, 4.69) is 17.1 Å². The first-order chi connectivity index (χ1) is 11.2. The van der Waals surface area contributed by atoms with Crippen molar-refractivity contribution < 1.29 is 8.95 Å². The van der Waals surface area contributed by atoms with Crippen LogP contribution in [0.3, 0.4) is 0 Å². The van der Waals surface area contributed by atoms with Crippen molar-refractivity contribution >= 4 is 10.8 Å². The van der Waals surface area contributed by atoms with Crippen LogP contribution in [-0.4, -0.2) is 21.6 Å². The Hall–Kier alpha value is -1.88. The minimum atomic E-state index is -0.976. The van der Waals surface area contributed by atoms with E-state index in [9.17, 15) is 9.00 Å². The average Bonchev–Trinajstić information content (AvgIpc) is 2.55. The lowest BCUT2D eigenvalue weighted by molar-refractivity contribution is 0.313. The zero-order valence-electron chi connectivity index (χ0n) is 13.4. The van der Waals surface area contributed by atoms with Gasteiger partial charge in [0.15, 0.2) is 5.75 Å². The van der Waals surface area contributed by atoms with Crippen molar-refractivity contribution in [3.8, 4) is 5.75 Å². The maximum atomic E-state index is 12.1. The first-order valence-electron chi connectivity index (χ1n) is 7.92. The summed E-state index contributed by atoms with van der Waals surface area (Å²) in [5, 5.41) is 0. The van der Waals surface area contributed by atoms with E-state index >= 15 is 0 Å². The van der Waals surface area contributed by atoms with Gasteiger partial charge in [-0.3, -0.25) is 9.00 Å². The number of aromatic nitrogens is 1. The highest BCUT2D eigenvalue weighted by Gasteiger charge is 2.06. The fourth-order valence-corrected chi connectivity index (χ4v) is 3.36. The third-order valence-electron chi connectivity index (χ3n) is 3.40. The molecule has 1 N–H and O–H groups in total. The van der Waals surface area contributed by atoms with Gasteiger partial charge in [0, 0.05) is 34.5 Å². The number of aryl methyl sites for hydroxylation is 1. The van der Waals surface area contributed by atoms with E-state index in [0.717, 1.165) is 19.3 Å². The monoisotopic (exact) mass is 333 g/mol. The van der Waals surface area contributed by atoms with Gasteiger partial charge < -0.3 is 9.72 Å². The van der Waals surface area contributed by atoms with Crippen molar-refractivity contribution in [3.05, 3.63) is 64.1 Å². The molecule has 0 bridgehead atoms. The normalized spacial score (nSPS) is 12.0. The third kappa shape index (κ3) is 6.02. The highest BCUT2D eigenvalue weighted by Crippen LogP contribution is 2.07. The van der Waals surface area contributed by atoms with Gasteiger partial charge in [-0.05, 0) is 24.8 Å². The van der Waals surface area contributed by atoms with Crippen LogP contribution >= 0.6 is 0 Å². The van der Waals surface area contributed by atoms with Gasteiger partial charge in [-0.2, -0.15) is 0 Å². The Bertz CT molecular complexity index is 682. The second kappa shape index (κ2) is 9.30. The summed E-state index contributed by atoms with van der Waals surface area (Å²) in [6.07, 6.45) is 4.21. The van der Waals surface area contributed by atoms with E-state index in [1.165, 1.54) is 11.6 Å². The van der Waals surface area contributed by atoms with Crippen LogP contribution < -0.4 is 10.2 Å². The molecule has 2 aromatic rings. The molecule has 0 saturated heterocycles. The summed E-state index contributed by atoms with van der Waals surface area (Å²) in [6.45, 7) is 2.51. The molecule has 0 aliphatic rings. The Kier molecular flexibility index (Phi) is 7.07. The number of aromatic amines is 1. The second-order valence-electron chi connectivity index (χ2n) is 5.41. The predicted octanol–water partition coefficient (Wildman–Crippen LogP) is 3.05. The maximum absolute atomic E-state index is 12.1. The summed E-state index contributed by atoms with van der Waals surface area (Å²) in [5.74, 6) is 1.33. The van der Waals surface area contributed by atoms with E-state index in [4.69, 9.17) is 4.74 Å². The van der Waals surface area contributed by atoms with Gasteiger partial charge in [0.1, 0.15) is 0 Å². The molecular weight excluding hydrogens is 310 g/mol. The lowest BCUT2D eigenvalue weighted by Crippen LogP contribution is -2.12. The van der Waals surface area contributed by atoms with Gasteiger partial charge in [0.25, 0.3) is 0 Å². The molecule has 0 fully saturated rings. The van der Waals surface area contributed by atoms with Crippen molar-refractivity contribution in [2.75, 3.05) is 12.4 Å². The molecule has 0 saturated carbocycles. The van der Waals surface area contributed by atoms with Crippen LogP contribution in [-0.2, 0) is 23.0 Å². The molecule has 5 heteroatoms. The quantitative estimate of drug-likeness (QED) is 0.767. The van der Waals surface area contributed by atoms with Crippen LogP contribution in [0.4, 0.5) is 0 Å². The summed E-state index contributed by atoms with van der Waals surface area (Å²) in [5.41, 5.74) is 1.79. The van der Waals surface area contributed by atoms with Crippen molar-refractivity contribution in [1.29, 1.82) is 0 Å². The van der Waals surface area contributed by atoms with E-state index in [1.54, 1.807) is 6.20 Å². The van der Waals surface area contributed by atoms with Crippen LogP contribution in [0.25, 0.3) is 0 Å². The van der Waals surface area contributed by atoms with Crippen LogP contribution in [0.5, 0.6) is 5.75 Å². The lowest BCUT2D eigenvalue weighted by atomic mass is 10.1. The Morgan fingerprint density at radius 2 is 2.00 bits per heavy atom. The molecule has 0 aliphatic carbocycles. The van der Waals surface area contributed by atoms with Gasteiger partial charge in [-0.1, -0.05) is 37.3 Å². The molecule has 0 aliphatic heterocycles. The standard InChI is InChI=1S/C18H23NO3S/c1-2-10-22-18-13-19-16(12-17(18)20)14-23(21)11-6-9-15-7-4-3-5-8-15/h3-5,7-8,12-13H,2,6,9-11,14H2,1H3,(H,19,20). The molecule has 124 valence electrons. The topological polar surface area (TPSA) is 59.2 Å². The van der Waals surface area contributed by atoms with Crippen molar-refractivity contribution in [2.24, 2.45) is 0 Å². The summed E-state index contributed by atoms with van der Waals surface area (Å²) in [7, 11) is -0.976. The highest BCUT2D eigenvalue weighted by molar-refractivity contribution is 7.84. The average molecular weight is 333 g/mol. The predicted molar refractivity (Wildman–Crippen MR) is 94.3 cm³/mol. The molecule has 0 radical (unpaired) electrons. The summed E-state index contributed by atoms with van der Waals surface area (Å²) in [6, 6.07) is 11.7. The smallest absolute Gasteiger partial charge is 0.223 e. The highest BCUT2D eigenvalue weighted by atomic mass is 32.2. The Labute approximate surface area is 139 Å². The number of benzene rings is 1. The van der Waals surface area contributed by atoms with Crippen LogP contribution in [0.1, 0.15) is 31.0 Å². The van der Waals surface area contributed by atoms with Crippen molar-refractivity contribution in [2.45, 2.75) is 31.9 Å². The van der Waals surface area contributed by atoms with Gasteiger partial charge in [-0.15, -0.1) is 0 Å². The van der Waals surface area contributed by atoms with Crippen LogP contribution in [0.2, 0.25) is 0 Å². The zero-order chi connectivity index (χ0) is 16.5. The Balaban J connectivity index is 1.81. The van der Waals surface area contributed by atoms with Crippen molar-refractivity contribution in [3.63, 3.8) is 0 Å². The minimum Gasteiger partial charge on any atom is -0.488 e. The number of H-pyrrole nitrogens is 1. The SMILES string of the molecule is CCCOc1c[nH]c(CS(=O)CCCc2ccccc2)cc1=O. The lowest BCUT2D eigenvalue weighted by Gasteiger charge is -2.06. The molecule has 0 spiro atoms. The van der Waals surface area contributed by atoms with Gasteiger partial charge in [-0.25, -0.2) is 0 Å². The molecule has 4 nitrogen and oxygen atoms in total. The fraction of sp³-hybridized carbons (Fsp3) is 0.389. The summed E-state index contributed by atoms with van der Waals surface area (Å²) in [4.78, 5) is 14.9. The first kappa shape index (κ1) is 17.5.